The second-order valence-electron chi connectivity index (χ2n) is 15.3. The Labute approximate surface area is 268 Å². The molecule has 0 radical (unpaired) electrons. The Kier molecular flexibility index (Phi) is 6.27. The first-order valence-corrected chi connectivity index (χ1v) is 16.0. The number of ether oxygens (including phenoxy) is 1. The average molecular weight is 588 g/mol. The molecule has 0 aromatic heterocycles. The zero-order valence-electron chi connectivity index (χ0n) is 27.7. The van der Waals surface area contributed by atoms with Crippen LogP contribution in [0.25, 0.3) is 32.8 Å². The average Bonchev–Trinajstić information content (AvgIpc) is 3.26. The van der Waals surface area contributed by atoms with Gasteiger partial charge in [-0.25, -0.2) is 4.85 Å². The molecule has 2 aliphatic rings. The summed E-state index contributed by atoms with van der Waals surface area (Å²) < 4.78 is 7.48. The molecule has 1 aliphatic carbocycles. The maximum Gasteiger partial charge on any atom is 0.187 e. The van der Waals surface area contributed by atoms with E-state index in [2.05, 4.69) is 157 Å². The van der Waals surface area contributed by atoms with Crippen molar-refractivity contribution in [1.29, 1.82) is 0 Å². The standard InChI is InChI=1S/C43H41NO/c1-40(2,3)27-14-18-29(19-15-27)43(30-20-16-28(17-21-30)41(4,5)6)25-24-35-38-37(32-12-10-11-13-33(32)39(35)45-43)34-23-22-31(44-9)26-36(34)42(38,7)8/h10-26H,1-8H3. The molecule has 0 spiro atoms. The highest BCUT2D eigenvalue weighted by Crippen LogP contribution is 2.58. The predicted octanol–water partition coefficient (Wildman–Crippen LogP) is 11.6. The topological polar surface area (TPSA) is 13.6 Å². The molecule has 0 amide bonds. The fraction of sp³-hybridized carbons (Fsp3) is 0.279. The van der Waals surface area contributed by atoms with E-state index in [1.165, 1.54) is 38.8 Å². The van der Waals surface area contributed by atoms with Gasteiger partial charge in [0.1, 0.15) is 5.75 Å². The lowest BCUT2D eigenvalue weighted by Crippen LogP contribution is -2.35. The fourth-order valence-corrected chi connectivity index (χ4v) is 7.40. The lowest BCUT2D eigenvalue weighted by atomic mass is 9.76. The van der Waals surface area contributed by atoms with Crippen molar-refractivity contribution in [3.05, 3.63) is 147 Å². The van der Waals surface area contributed by atoms with Gasteiger partial charge in [0.15, 0.2) is 11.3 Å². The third-order valence-electron chi connectivity index (χ3n) is 10.0. The number of nitrogens with zero attached hydrogens (tertiary/aromatic N) is 1. The molecule has 0 saturated heterocycles. The van der Waals surface area contributed by atoms with Crippen LogP contribution in [0.2, 0.25) is 0 Å². The molecular weight excluding hydrogens is 546 g/mol. The third-order valence-corrected chi connectivity index (χ3v) is 10.0. The first-order chi connectivity index (χ1) is 21.3. The van der Waals surface area contributed by atoms with Gasteiger partial charge < -0.3 is 4.74 Å². The summed E-state index contributed by atoms with van der Waals surface area (Å²) in [4.78, 5) is 3.77. The van der Waals surface area contributed by atoms with Crippen molar-refractivity contribution in [1.82, 2.24) is 0 Å². The minimum absolute atomic E-state index is 0.0559. The van der Waals surface area contributed by atoms with E-state index in [1.54, 1.807) is 0 Å². The lowest BCUT2D eigenvalue weighted by Gasteiger charge is -2.39. The largest absolute Gasteiger partial charge is 0.472 e. The zero-order chi connectivity index (χ0) is 31.9. The monoisotopic (exact) mass is 587 g/mol. The van der Waals surface area contributed by atoms with Crippen molar-refractivity contribution >= 4 is 22.5 Å². The first kappa shape index (κ1) is 29.1. The van der Waals surface area contributed by atoms with Crippen LogP contribution >= 0.6 is 0 Å². The van der Waals surface area contributed by atoms with Crippen LogP contribution in [0.4, 0.5) is 5.69 Å². The molecule has 0 saturated carbocycles. The van der Waals surface area contributed by atoms with Gasteiger partial charge in [-0.15, -0.1) is 0 Å². The van der Waals surface area contributed by atoms with Gasteiger partial charge in [0.25, 0.3) is 0 Å². The van der Waals surface area contributed by atoms with Gasteiger partial charge in [-0.1, -0.05) is 152 Å². The zero-order valence-corrected chi connectivity index (χ0v) is 27.7. The molecule has 2 heteroatoms. The SMILES string of the molecule is [C-]#[N+]c1ccc2c(c1)C(C)(C)c1c3c(c4ccccc4c1-2)OC(c1ccc(C(C)(C)C)cc1)(c1ccc(C(C)(C)C)cc1)C=C3. The summed E-state index contributed by atoms with van der Waals surface area (Å²) in [7, 11) is 0. The van der Waals surface area contributed by atoms with Gasteiger partial charge in [0, 0.05) is 27.5 Å². The summed E-state index contributed by atoms with van der Waals surface area (Å²) in [6.07, 6.45) is 4.58. The smallest absolute Gasteiger partial charge is 0.187 e. The normalized spacial score (nSPS) is 16.0. The molecule has 1 heterocycles. The van der Waals surface area contributed by atoms with E-state index in [-0.39, 0.29) is 16.2 Å². The molecular formula is C43H41NO. The Hall–Kier alpha value is -4.61. The second-order valence-corrected chi connectivity index (χ2v) is 15.3. The molecule has 0 unspecified atom stereocenters. The van der Waals surface area contributed by atoms with Crippen molar-refractivity contribution in [2.75, 3.05) is 0 Å². The Morgan fingerprint density at radius 2 is 1.24 bits per heavy atom. The van der Waals surface area contributed by atoms with Gasteiger partial charge in [-0.05, 0) is 55.7 Å². The summed E-state index contributed by atoms with van der Waals surface area (Å²) in [6.45, 7) is 25.8. The Morgan fingerprint density at radius 1 is 0.689 bits per heavy atom. The maximum atomic E-state index is 7.68. The molecule has 1 aliphatic heterocycles. The molecule has 224 valence electrons. The summed E-state index contributed by atoms with van der Waals surface area (Å²) in [5, 5.41) is 2.29. The van der Waals surface area contributed by atoms with E-state index >= 15 is 0 Å². The van der Waals surface area contributed by atoms with Crippen molar-refractivity contribution in [2.45, 2.75) is 77.2 Å². The minimum Gasteiger partial charge on any atom is -0.472 e. The number of benzene rings is 5. The summed E-state index contributed by atoms with van der Waals surface area (Å²) >= 11 is 0. The summed E-state index contributed by atoms with van der Waals surface area (Å²) in [6, 6.07) is 32.8. The lowest BCUT2D eigenvalue weighted by molar-refractivity contribution is 0.163. The van der Waals surface area contributed by atoms with Gasteiger partial charge >= 0.3 is 0 Å². The van der Waals surface area contributed by atoms with Crippen molar-refractivity contribution in [3.63, 3.8) is 0 Å². The van der Waals surface area contributed by atoms with Crippen molar-refractivity contribution < 1.29 is 4.74 Å². The summed E-state index contributed by atoms with van der Waals surface area (Å²) in [5.74, 6) is 0.915. The van der Waals surface area contributed by atoms with E-state index in [9.17, 15) is 0 Å². The van der Waals surface area contributed by atoms with Gasteiger partial charge in [-0.2, -0.15) is 0 Å². The number of hydrogen-bond donors (Lipinski definition) is 0. The molecule has 5 aromatic rings. The highest BCUT2D eigenvalue weighted by Gasteiger charge is 2.44. The molecule has 45 heavy (non-hydrogen) atoms. The highest BCUT2D eigenvalue weighted by atomic mass is 16.5. The van der Waals surface area contributed by atoms with Gasteiger partial charge in [0.05, 0.1) is 6.57 Å². The van der Waals surface area contributed by atoms with Crippen LogP contribution in [-0.4, -0.2) is 0 Å². The molecule has 0 N–H and O–H groups in total. The molecule has 0 bridgehead atoms. The number of rotatable bonds is 2. The van der Waals surface area contributed by atoms with Gasteiger partial charge in [0.2, 0.25) is 0 Å². The number of hydrogen-bond acceptors (Lipinski definition) is 1. The Bertz CT molecular complexity index is 2000. The summed E-state index contributed by atoms with van der Waals surface area (Å²) in [5.41, 5.74) is 10.6. The predicted molar refractivity (Wildman–Crippen MR) is 188 cm³/mol. The Morgan fingerprint density at radius 3 is 1.78 bits per heavy atom. The van der Waals surface area contributed by atoms with E-state index in [4.69, 9.17) is 11.3 Å². The third kappa shape index (κ3) is 4.36. The van der Waals surface area contributed by atoms with Crippen molar-refractivity contribution in [2.24, 2.45) is 0 Å². The molecule has 2 nitrogen and oxygen atoms in total. The van der Waals surface area contributed by atoms with E-state index in [0.29, 0.717) is 5.69 Å². The van der Waals surface area contributed by atoms with E-state index in [1.807, 2.05) is 6.07 Å². The van der Waals surface area contributed by atoms with Gasteiger partial charge in [-0.3, -0.25) is 0 Å². The molecule has 7 rings (SSSR count). The van der Waals surface area contributed by atoms with Crippen LogP contribution in [0.15, 0.2) is 97.1 Å². The first-order valence-electron chi connectivity index (χ1n) is 16.0. The van der Waals surface area contributed by atoms with Crippen LogP contribution in [0.3, 0.4) is 0 Å². The minimum atomic E-state index is -0.802. The van der Waals surface area contributed by atoms with Crippen LogP contribution in [0.5, 0.6) is 5.75 Å². The quantitative estimate of drug-likeness (QED) is 0.187. The maximum absolute atomic E-state index is 7.68. The van der Waals surface area contributed by atoms with Crippen LogP contribution in [0.1, 0.15) is 94.3 Å². The molecule has 0 atom stereocenters. The van der Waals surface area contributed by atoms with E-state index < -0.39 is 5.60 Å². The molecule has 0 fully saturated rings. The van der Waals surface area contributed by atoms with Crippen LogP contribution in [-0.2, 0) is 21.8 Å². The van der Waals surface area contributed by atoms with E-state index in [0.717, 1.165) is 27.8 Å². The fourth-order valence-electron chi connectivity index (χ4n) is 7.40. The number of fused-ring (bicyclic) bond motifs is 8. The highest BCUT2D eigenvalue weighted by molar-refractivity contribution is 6.08. The van der Waals surface area contributed by atoms with Crippen LogP contribution in [0, 0.1) is 6.57 Å². The van der Waals surface area contributed by atoms with Crippen LogP contribution < -0.4 is 4.74 Å². The van der Waals surface area contributed by atoms with Crippen molar-refractivity contribution in [3.8, 4) is 16.9 Å². The second kappa shape index (κ2) is 9.69. The molecule has 5 aromatic carbocycles. The Balaban J connectivity index is 1.50.